The molecule has 0 radical (unpaired) electrons. The molecule has 0 aliphatic heterocycles. The van der Waals surface area contributed by atoms with Crippen LogP contribution in [0.3, 0.4) is 0 Å². The minimum Gasteiger partial charge on any atom is -0.394 e. The number of hydrogen-bond donors (Lipinski definition) is 2. The van der Waals surface area contributed by atoms with Crippen LogP contribution in [0.15, 0.2) is 24.4 Å². The van der Waals surface area contributed by atoms with E-state index in [1.807, 2.05) is 18.2 Å². The Balaban J connectivity index is 2.14. The molecule has 0 bridgehead atoms. The first kappa shape index (κ1) is 11.6. The molecule has 2 heterocycles. The van der Waals surface area contributed by atoms with E-state index in [2.05, 4.69) is 20.3 Å². The molecule has 2 rings (SSSR count). The van der Waals surface area contributed by atoms with Crippen LogP contribution in [0, 0.1) is 6.92 Å². The van der Waals surface area contributed by atoms with Gasteiger partial charge in [0, 0.05) is 6.20 Å². The van der Waals surface area contributed by atoms with Gasteiger partial charge in [0.1, 0.15) is 0 Å². The lowest BCUT2D eigenvalue weighted by molar-refractivity contribution is 1.01. The molecule has 0 saturated heterocycles. The molecule has 88 valence electrons. The molecule has 0 amide bonds. The SMILES string of the molecule is Cc1nc(Cl)nc(NCc2ccccn2)c1N. The van der Waals surface area contributed by atoms with Gasteiger partial charge in [0.15, 0.2) is 5.82 Å². The Hall–Kier alpha value is -1.88. The number of halogens is 1. The molecule has 0 unspecified atom stereocenters. The normalized spacial score (nSPS) is 10.2. The van der Waals surface area contributed by atoms with Crippen LogP contribution in [0.4, 0.5) is 11.5 Å². The van der Waals surface area contributed by atoms with Crippen molar-refractivity contribution in [2.24, 2.45) is 0 Å². The highest BCUT2D eigenvalue weighted by molar-refractivity contribution is 6.28. The number of anilines is 2. The summed E-state index contributed by atoms with van der Waals surface area (Å²) in [4.78, 5) is 12.2. The average molecular weight is 250 g/mol. The van der Waals surface area contributed by atoms with Gasteiger partial charge in [-0.1, -0.05) is 6.07 Å². The minimum absolute atomic E-state index is 0.181. The fourth-order valence-corrected chi connectivity index (χ4v) is 1.57. The molecule has 0 atom stereocenters. The third kappa shape index (κ3) is 2.82. The number of nitrogen functional groups attached to an aromatic ring is 1. The average Bonchev–Trinajstić information content (AvgIpc) is 2.33. The Labute approximate surface area is 104 Å². The summed E-state index contributed by atoms with van der Waals surface area (Å²) in [6, 6.07) is 5.70. The van der Waals surface area contributed by atoms with Crippen molar-refractivity contribution in [3.8, 4) is 0 Å². The molecule has 2 aromatic rings. The zero-order valence-electron chi connectivity index (χ0n) is 9.31. The van der Waals surface area contributed by atoms with Gasteiger partial charge in [-0.25, -0.2) is 4.98 Å². The van der Waals surface area contributed by atoms with E-state index >= 15 is 0 Å². The molecule has 0 aliphatic rings. The molecule has 17 heavy (non-hydrogen) atoms. The van der Waals surface area contributed by atoms with Crippen molar-refractivity contribution in [1.82, 2.24) is 15.0 Å². The number of rotatable bonds is 3. The molecule has 0 aliphatic carbocycles. The van der Waals surface area contributed by atoms with Crippen molar-refractivity contribution < 1.29 is 0 Å². The topological polar surface area (TPSA) is 76.7 Å². The number of nitrogens with two attached hydrogens (primary N) is 1. The maximum Gasteiger partial charge on any atom is 0.224 e. The van der Waals surface area contributed by atoms with Crippen LogP contribution in [0.1, 0.15) is 11.4 Å². The zero-order chi connectivity index (χ0) is 12.3. The number of aryl methyl sites for hydroxylation is 1. The van der Waals surface area contributed by atoms with E-state index in [-0.39, 0.29) is 5.28 Å². The van der Waals surface area contributed by atoms with E-state index in [4.69, 9.17) is 17.3 Å². The van der Waals surface area contributed by atoms with Crippen molar-refractivity contribution in [3.05, 3.63) is 41.1 Å². The van der Waals surface area contributed by atoms with Crippen LogP contribution >= 0.6 is 11.6 Å². The largest absolute Gasteiger partial charge is 0.394 e. The second-order valence-electron chi connectivity index (χ2n) is 3.51. The van der Waals surface area contributed by atoms with Gasteiger partial charge >= 0.3 is 0 Å². The van der Waals surface area contributed by atoms with Gasteiger partial charge in [-0.2, -0.15) is 4.98 Å². The molecule has 0 saturated carbocycles. The molecule has 5 nitrogen and oxygen atoms in total. The van der Waals surface area contributed by atoms with Gasteiger partial charge in [-0.05, 0) is 30.7 Å². The van der Waals surface area contributed by atoms with Gasteiger partial charge < -0.3 is 11.1 Å². The van der Waals surface area contributed by atoms with Crippen molar-refractivity contribution in [3.63, 3.8) is 0 Å². The van der Waals surface area contributed by atoms with E-state index < -0.39 is 0 Å². The van der Waals surface area contributed by atoms with Gasteiger partial charge in [0.05, 0.1) is 23.6 Å². The van der Waals surface area contributed by atoms with Crippen LogP contribution in [0.25, 0.3) is 0 Å². The van der Waals surface area contributed by atoms with Crippen molar-refractivity contribution in [1.29, 1.82) is 0 Å². The third-order valence-corrected chi connectivity index (χ3v) is 2.44. The molecule has 2 aromatic heterocycles. The van der Waals surface area contributed by atoms with Crippen molar-refractivity contribution >= 4 is 23.1 Å². The highest BCUT2D eigenvalue weighted by Crippen LogP contribution is 2.20. The highest BCUT2D eigenvalue weighted by Gasteiger charge is 2.07. The summed E-state index contributed by atoms with van der Waals surface area (Å²) in [5, 5.41) is 3.27. The summed E-state index contributed by atoms with van der Waals surface area (Å²) in [7, 11) is 0. The van der Waals surface area contributed by atoms with Crippen LogP contribution in [-0.4, -0.2) is 15.0 Å². The molecular weight excluding hydrogens is 238 g/mol. The Kier molecular flexibility index (Phi) is 3.39. The summed E-state index contributed by atoms with van der Waals surface area (Å²) in [5.41, 5.74) is 7.92. The van der Waals surface area contributed by atoms with Crippen LogP contribution in [0.2, 0.25) is 5.28 Å². The molecule has 0 aromatic carbocycles. The van der Waals surface area contributed by atoms with Crippen LogP contribution in [0.5, 0.6) is 0 Å². The van der Waals surface area contributed by atoms with E-state index in [9.17, 15) is 0 Å². The predicted octanol–water partition coefficient (Wildman–Crippen LogP) is 2.03. The van der Waals surface area contributed by atoms with Crippen LogP contribution in [-0.2, 0) is 6.54 Å². The summed E-state index contributed by atoms with van der Waals surface area (Å²) >= 11 is 5.77. The lowest BCUT2D eigenvalue weighted by Gasteiger charge is -2.09. The number of hydrogen-bond acceptors (Lipinski definition) is 5. The maximum atomic E-state index is 5.85. The summed E-state index contributed by atoms with van der Waals surface area (Å²) in [5.74, 6) is 0.535. The van der Waals surface area contributed by atoms with Crippen molar-refractivity contribution in [2.45, 2.75) is 13.5 Å². The zero-order valence-corrected chi connectivity index (χ0v) is 10.1. The second kappa shape index (κ2) is 4.97. The van der Waals surface area contributed by atoms with Gasteiger partial charge in [-0.15, -0.1) is 0 Å². The highest BCUT2D eigenvalue weighted by atomic mass is 35.5. The molecular formula is C11H12ClN5. The lowest BCUT2D eigenvalue weighted by atomic mass is 10.3. The molecule has 0 fully saturated rings. The second-order valence-corrected chi connectivity index (χ2v) is 3.85. The van der Waals surface area contributed by atoms with Crippen LogP contribution < -0.4 is 11.1 Å². The van der Waals surface area contributed by atoms with E-state index in [0.717, 1.165) is 5.69 Å². The fraction of sp³-hybridized carbons (Fsp3) is 0.182. The predicted molar refractivity (Wildman–Crippen MR) is 67.8 cm³/mol. The van der Waals surface area contributed by atoms with Gasteiger partial charge in [-0.3, -0.25) is 4.98 Å². The summed E-state index contributed by atoms with van der Waals surface area (Å²) in [6.07, 6.45) is 1.73. The number of pyridine rings is 1. The quantitative estimate of drug-likeness (QED) is 0.814. The standard InChI is InChI=1S/C11H12ClN5/c1-7-9(13)10(17-11(12)16-7)15-6-8-4-2-3-5-14-8/h2-5H,6,13H2,1H3,(H,15,16,17). The fourth-order valence-electron chi connectivity index (χ4n) is 1.36. The van der Waals surface area contributed by atoms with Gasteiger partial charge in [0.2, 0.25) is 5.28 Å². The first-order valence-corrected chi connectivity index (χ1v) is 5.48. The molecule has 0 spiro atoms. The summed E-state index contributed by atoms with van der Waals surface area (Å²) < 4.78 is 0. The summed E-state index contributed by atoms with van der Waals surface area (Å²) in [6.45, 7) is 2.33. The first-order chi connectivity index (χ1) is 8.16. The lowest BCUT2D eigenvalue weighted by Crippen LogP contribution is -2.08. The molecule has 3 N–H and O–H groups in total. The minimum atomic E-state index is 0.181. The third-order valence-electron chi connectivity index (χ3n) is 2.27. The number of nitrogens with zero attached hydrogens (tertiary/aromatic N) is 3. The number of aromatic nitrogens is 3. The maximum absolute atomic E-state index is 5.85. The first-order valence-electron chi connectivity index (χ1n) is 5.10. The smallest absolute Gasteiger partial charge is 0.224 e. The molecule has 6 heteroatoms. The Bertz CT molecular complexity index is 515. The van der Waals surface area contributed by atoms with E-state index in [1.54, 1.807) is 13.1 Å². The number of nitrogens with one attached hydrogen (secondary N) is 1. The van der Waals surface area contributed by atoms with E-state index in [0.29, 0.717) is 23.7 Å². The van der Waals surface area contributed by atoms with Gasteiger partial charge in [0.25, 0.3) is 0 Å². The monoisotopic (exact) mass is 249 g/mol. The van der Waals surface area contributed by atoms with Crippen molar-refractivity contribution in [2.75, 3.05) is 11.1 Å². The Morgan fingerprint density at radius 2 is 2.18 bits per heavy atom. The Morgan fingerprint density at radius 3 is 2.88 bits per heavy atom. The Morgan fingerprint density at radius 1 is 1.35 bits per heavy atom. The van der Waals surface area contributed by atoms with E-state index in [1.165, 1.54) is 0 Å².